The van der Waals surface area contributed by atoms with Crippen molar-refractivity contribution in [1.29, 1.82) is 0 Å². The van der Waals surface area contributed by atoms with Crippen molar-refractivity contribution in [3.8, 4) is 0 Å². The van der Waals surface area contributed by atoms with Crippen LogP contribution in [0.5, 0.6) is 0 Å². The van der Waals surface area contributed by atoms with E-state index in [9.17, 15) is 8.78 Å². The van der Waals surface area contributed by atoms with E-state index < -0.39 is 6.43 Å². The molecule has 3 N–H and O–H groups in total. The molecule has 0 radical (unpaired) electrons. The molecule has 0 saturated carbocycles. The molecule has 0 spiro atoms. The van der Waals surface area contributed by atoms with Gasteiger partial charge in [-0.05, 0) is 13.5 Å². The van der Waals surface area contributed by atoms with Gasteiger partial charge in [-0.25, -0.2) is 13.8 Å². The number of rotatable bonds is 3. The molecule has 94 valence electrons. The first-order valence-electron chi connectivity index (χ1n) is 5.45. The lowest BCUT2D eigenvalue weighted by Crippen LogP contribution is -2.30. The number of nitrogen functional groups attached to an aromatic ring is 1. The maximum absolute atomic E-state index is 12.6. The molecule has 0 unspecified atom stereocenters. The van der Waals surface area contributed by atoms with Crippen molar-refractivity contribution >= 4 is 11.8 Å². The Bertz CT molecular complexity index is 398. The zero-order valence-electron chi connectivity index (χ0n) is 9.53. The van der Waals surface area contributed by atoms with Gasteiger partial charge in [-0.15, -0.1) is 0 Å². The Morgan fingerprint density at radius 2 is 2.29 bits per heavy atom. The molecule has 5 nitrogen and oxygen atoms in total. The lowest BCUT2D eigenvalue weighted by molar-refractivity contribution is 0.146. The van der Waals surface area contributed by atoms with Crippen LogP contribution in [0.15, 0.2) is 6.07 Å². The minimum atomic E-state index is -2.62. The number of nitrogens with zero attached hydrogens (tertiary/aromatic N) is 3. The van der Waals surface area contributed by atoms with E-state index in [0.29, 0.717) is 11.9 Å². The van der Waals surface area contributed by atoms with Crippen molar-refractivity contribution in [2.45, 2.75) is 18.9 Å². The fraction of sp³-hybridized carbons (Fsp3) is 0.600. The number of hydrogen-bond donors (Lipinski definition) is 2. The summed E-state index contributed by atoms with van der Waals surface area (Å²) in [5.41, 5.74) is 5.12. The Balaban J connectivity index is 2.21. The molecular formula is C10H15F2N5. The van der Waals surface area contributed by atoms with Crippen LogP contribution in [0.2, 0.25) is 0 Å². The summed E-state index contributed by atoms with van der Waals surface area (Å²) >= 11 is 0. The number of anilines is 2. The van der Waals surface area contributed by atoms with Crippen LogP contribution in [-0.2, 0) is 0 Å². The van der Waals surface area contributed by atoms with Gasteiger partial charge in [-0.3, -0.25) is 0 Å². The van der Waals surface area contributed by atoms with Crippen molar-refractivity contribution in [2.24, 2.45) is 0 Å². The molecule has 0 bridgehead atoms. The van der Waals surface area contributed by atoms with Gasteiger partial charge in [-0.2, -0.15) is 4.98 Å². The Morgan fingerprint density at radius 1 is 1.53 bits per heavy atom. The molecule has 1 aliphatic heterocycles. The summed E-state index contributed by atoms with van der Waals surface area (Å²) in [7, 11) is 1.88. The normalized spacial score (nSPS) is 20.2. The third-order valence-electron chi connectivity index (χ3n) is 2.89. The van der Waals surface area contributed by atoms with Gasteiger partial charge in [0, 0.05) is 25.2 Å². The molecule has 1 aromatic rings. The minimum Gasteiger partial charge on any atom is -0.368 e. The standard InChI is InChI=1S/C10H15F2N5/c1-14-6-2-3-17(5-6)8-4-7(9(11)12)15-10(13)16-8/h4,6,9,14H,2-3,5H2,1H3,(H2,13,15,16)/t6-/m1/s1. The third kappa shape index (κ3) is 2.60. The van der Waals surface area contributed by atoms with Gasteiger partial charge in [0.05, 0.1) is 0 Å². The number of nitrogens with one attached hydrogen (secondary N) is 1. The van der Waals surface area contributed by atoms with Crippen molar-refractivity contribution in [3.63, 3.8) is 0 Å². The Morgan fingerprint density at radius 3 is 2.88 bits per heavy atom. The SMILES string of the molecule is CN[C@@H]1CCN(c2cc(C(F)F)nc(N)n2)C1. The fourth-order valence-corrected chi connectivity index (χ4v) is 1.95. The van der Waals surface area contributed by atoms with Crippen molar-refractivity contribution in [1.82, 2.24) is 15.3 Å². The Labute approximate surface area is 98.0 Å². The van der Waals surface area contributed by atoms with E-state index in [1.54, 1.807) is 0 Å². The monoisotopic (exact) mass is 243 g/mol. The Kier molecular flexibility index (Phi) is 3.37. The van der Waals surface area contributed by atoms with Crippen LogP contribution in [-0.4, -0.2) is 36.1 Å². The molecule has 0 aromatic carbocycles. The van der Waals surface area contributed by atoms with Crippen LogP contribution in [0.4, 0.5) is 20.5 Å². The van der Waals surface area contributed by atoms with Crippen LogP contribution < -0.4 is 16.0 Å². The summed E-state index contributed by atoms with van der Waals surface area (Å²) in [6.07, 6.45) is -1.66. The highest BCUT2D eigenvalue weighted by molar-refractivity contribution is 5.45. The topological polar surface area (TPSA) is 67.1 Å². The molecular weight excluding hydrogens is 228 g/mol. The summed E-state index contributed by atoms with van der Waals surface area (Å²) in [5.74, 6) is 0.372. The van der Waals surface area contributed by atoms with Crippen molar-refractivity contribution in [2.75, 3.05) is 30.8 Å². The summed E-state index contributed by atoms with van der Waals surface area (Å²) in [4.78, 5) is 9.45. The molecule has 1 fully saturated rings. The smallest absolute Gasteiger partial charge is 0.280 e. The second-order valence-corrected chi connectivity index (χ2v) is 4.03. The lowest BCUT2D eigenvalue weighted by atomic mass is 10.3. The molecule has 1 aliphatic rings. The van der Waals surface area contributed by atoms with Gasteiger partial charge in [0.2, 0.25) is 5.95 Å². The highest BCUT2D eigenvalue weighted by Gasteiger charge is 2.23. The first kappa shape index (κ1) is 12.0. The number of likely N-dealkylation sites (N-methyl/N-ethyl adjacent to an activating group) is 1. The van der Waals surface area contributed by atoms with E-state index in [-0.39, 0.29) is 11.6 Å². The number of halogens is 2. The number of aromatic nitrogens is 2. The predicted octanol–water partition coefficient (Wildman–Crippen LogP) is 0.794. The van der Waals surface area contributed by atoms with Gasteiger partial charge in [-0.1, -0.05) is 0 Å². The van der Waals surface area contributed by atoms with E-state index in [1.165, 1.54) is 6.07 Å². The van der Waals surface area contributed by atoms with Crippen molar-refractivity contribution < 1.29 is 8.78 Å². The third-order valence-corrected chi connectivity index (χ3v) is 2.89. The van der Waals surface area contributed by atoms with Crippen molar-refractivity contribution in [3.05, 3.63) is 11.8 Å². The average Bonchev–Trinajstić information content (AvgIpc) is 2.76. The number of alkyl halides is 2. The summed E-state index contributed by atoms with van der Waals surface area (Å²) in [6.45, 7) is 1.53. The van der Waals surface area contributed by atoms with Crippen LogP contribution >= 0.6 is 0 Å². The maximum Gasteiger partial charge on any atom is 0.280 e. The number of nitrogens with two attached hydrogens (primary N) is 1. The predicted molar refractivity (Wildman–Crippen MR) is 61.1 cm³/mol. The first-order valence-corrected chi connectivity index (χ1v) is 5.45. The summed E-state index contributed by atoms with van der Waals surface area (Å²) in [6, 6.07) is 1.67. The molecule has 17 heavy (non-hydrogen) atoms. The zero-order valence-corrected chi connectivity index (χ0v) is 9.53. The van der Waals surface area contributed by atoms with E-state index >= 15 is 0 Å². The molecule has 1 saturated heterocycles. The lowest BCUT2D eigenvalue weighted by Gasteiger charge is -2.18. The molecule has 0 aliphatic carbocycles. The van der Waals surface area contributed by atoms with Crippen LogP contribution in [0.3, 0.4) is 0 Å². The van der Waals surface area contributed by atoms with E-state index in [1.807, 2.05) is 11.9 Å². The summed E-state index contributed by atoms with van der Waals surface area (Å²) < 4.78 is 25.2. The maximum atomic E-state index is 12.6. The quantitative estimate of drug-likeness (QED) is 0.821. The number of hydrogen-bond acceptors (Lipinski definition) is 5. The first-order chi connectivity index (χ1) is 8.10. The van der Waals surface area contributed by atoms with Gasteiger partial charge in [0.15, 0.2) is 0 Å². The molecule has 2 rings (SSSR count). The average molecular weight is 243 g/mol. The molecule has 0 amide bonds. The van der Waals surface area contributed by atoms with Crippen LogP contribution in [0.1, 0.15) is 18.5 Å². The Hall–Kier alpha value is -1.50. The van der Waals surface area contributed by atoms with Gasteiger partial charge in [0.25, 0.3) is 6.43 Å². The largest absolute Gasteiger partial charge is 0.368 e. The van der Waals surface area contributed by atoms with Crippen LogP contribution in [0, 0.1) is 0 Å². The minimum absolute atomic E-state index is 0.106. The highest BCUT2D eigenvalue weighted by atomic mass is 19.3. The van der Waals surface area contributed by atoms with Crippen LogP contribution in [0.25, 0.3) is 0 Å². The van der Waals surface area contributed by atoms with E-state index in [2.05, 4.69) is 15.3 Å². The van der Waals surface area contributed by atoms with Gasteiger partial charge in [0.1, 0.15) is 11.5 Å². The second-order valence-electron chi connectivity index (χ2n) is 4.03. The van der Waals surface area contributed by atoms with E-state index in [0.717, 1.165) is 19.5 Å². The molecule has 7 heteroatoms. The molecule has 2 heterocycles. The zero-order chi connectivity index (χ0) is 12.4. The van der Waals surface area contributed by atoms with Gasteiger partial charge >= 0.3 is 0 Å². The summed E-state index contributed by atoms with van der Waals surface area (Å²) in [5, 5.41) is 3.15. The van der Waals surface area contributed by atoms with Gasteiger partial charge < -0.3 is 16.0 Å². The molecule has 1 atom stereocenters. The van der Waals surface area contributed by atoms with E-state index in [4.69, 9.17) is 5.73 Å². The second kappa shape index (κ2) is 4.79. The highest BCUT2D eigenvalue weighted by Crippen LogP contribution is 2.24. The fourth-order valence-electron chi connectivity index (χ4n) is 1.95. The molecule has 1 aromatic heterocycles.